The molecule has 1 amide bonds. The Kier molecular flexibility index (Phi) is 6.87. The van der Waals surface area contributed by atoms with Gasteiger partial charge in [0.2, 0.25) is 0 Å². The third-order valence-corrected chi connectivity index (χ3v) is 2.76. The van der Waals surface area contributed by atoms with Crippen LogP contribution in [0, 0.1) is 5.92 Å². The van der Waals surface area contributed by atoms with E-state index in [1.165, 1.54) is 0 Å². The molecule has 100 valence electrons. The molecule has 0 aromatic heterocycles. The van der Waals surface area contributed by atoms with Crippen LogP contribution in [0.2, 0.25) is 0 Å². The van der Waals surface area contributed by atoms with E-state index >= 15 is 0 Å². The molecule has 0 bridgehead atoms. The zero-order chi connectivity index (χ0) is 13.2. The van der Waals surface area contributed by atoms with E-state index in [0.717, 1.165) is 19.3 Å². The number of carbonyl (C=O) groups excluding carboxylic acids is 1. The lowest BCUT2D eigenvalue weighted by atomic mass is 10.00. The zero-order valence-electron chi connectivity index (χ0n) is 10.9. The standard InChI is InChI=1S/C14H22N2O2/c1-2-6-12(9-10-15)11-16-14(17)18-13-7-4-3-5-8-13/h3-5,7-8,12H,2,6,9-11,15H2,1H3,(H,16,17). The van der Waals surface area contributed by atoms with E-state index in [0.29, 0.717) is 24.8 Å². The van der Waals surface area contributed by atoms with Gasteiger partial charge in [0.05, 0.1) is 0 Å². The first-order chi connectivity index (χ1) is 8.76. The van der Waals surface area contributed by atoms with Gasteiger partial charge in [0.1, 0.15) is 5.75 Å². The number of nitrogens with two attached hydrogens (primary N) is 1. The highest BCUT2D eigenvalue weighted by atomic mass is 16.5. The van der Waals surface area contributed by atoms with Crippen LogP contribution in [0.1, 0.15) is 26.2 Å². The van der Waals surface area contributed by atoms with Gasteiger partial charge < -0.3 is 15.8 Å². The maximum Gasteiger partial charge on any atom is 0.412 e. The second-order valence-corrected chi connectivity index (χ2v) is 4.32. The summed E-state index contributed by atoms with van der Waals surface area (Å²) >= 11 is 0. The summed E-state index contributed by atoms with van der Waals surface area (Å²) in [6.45, 7) is 3.41. The van der Waals surface area contributed by atoms with E-state index in [-0.39, 0.29) is 0 Å². The molecule has 0 spiro atoms. The van der Waals surface area contributed by atoms with Gasteiger partial charge in [-0.15, -0.1) is 0 Å². The van der Waals surface area contributed by atoms with Crippen molar-refractivity contribution in [3.05, 3.63) is 30.3 Å². The Morgan fingerprint density at radius 1 is 1.33 bits per heavy atom. The van der Waals surface area contributed by atoms with E-state index in [4.69, 9.17) is 10.5 Å². The van der Waals surface area contributed by atoms with Crippen LogP contribution in [0.25, 0.3) is 0 Å². The van der Waals surface area contributed by atoms with Gasteiger partial charge in [0, 0.05) is 6.54 Å². The molecule has 0 heterocycles. The van der Waals surface area contributed by atoms with Crippen molar-refractivity contribution in [2.45, 2.75) is 26.2 Å². The summed E-state index contributed by atoms with van der Waals surface area (Å²) in [6, 6.07) is 9.04. The second-order valence-electron chi connectivity index (χ2n) is 4.32. The Bertz CT molecular complexity index is 335. The molecule has 1 unspecified atom stereocenters. The lowest BCUT2D eigenvalue weighted by Gasteiger charge is -2.15. The van der Waals surface area contributed by atoms with E-state index in [9.17, 15) is 4.79 Å². The Labute approximate surface area is 109 Å². The average molecular weight is 250 g/mol. The summed E-state index contributed by atoms with van der Waals surface area (Å²) in [4.78, 5) is 11.6. The minimum atomic E-state index is -0.403. The van der Waals surface area contributed by atoms with Gasteiger partial charge in [-0.1, -0.05) is 31.5 Å². The van der Waals surface area contributed by atoms with Crippen molar-refractivity contribution in [3.63, 3.8) is 0 Å². The predicted octanol–water partition coefficient (Wildman–Crippen LogP) is 2.54. The first-order valence-corrected chi connectivity index (χ1v) is 6.47. The Hall–Kier alpha value is -1.55. The maximum atomic E-state index is 11.6. The average Bonchev–Trinajstić information content (AvgIpc) is 2.38. The normalized spacial score (nSPS) is 11.9. The van der Waals surface area contributed by atoms with Gasteiger partial charge in [-0.05, 0) is 37.4 Å². The molecule has 0 aliphatic heterocycles. The summed E-state index contributed by atoms with van der Waals surface area (Å²) in [5.74, 6) is 0.990. The number of hydrogen-bond donors (Lipinski definition) is 2. The van der Waals surface area contributed by atoms with Crippen LogP contribution in [0.3, 0.4) is 0 Å². The third kappa shape index (κ3) is 5.68. The largest absolute Gasteiger partial charge is 0.412 e. The molecule has 0 saturated carbocycles. The van der Waals surface area contributed by atoms with E-state index in [1.54, 1.807) is 12.1 Å². The molecule has 0 aliphatic rings. The summed E-state index contributed by atoms with van der Waals surface area (Å²) in [7, 11) is 0. The highest BCUT2D eigenvalue weighted by Crippen LogP contribution is 2.10. The van der Waals surface area contributed by atoms with Crippen molar-refractivity contribution < 1.29 is 9.53 Å². The van der Waals surface area contributed by atoms with Gasteiger partial charge in [-0.25, -0.2) is 4.79 Å². The number of ether oxygens (including phenoxy) is 1. The topological polar surface area (TPSA) is 64.3 Å². The fourth-order valence-electron chi connectivity index (χ4n) is 1.85. The van der Waals surface area contributed by atoms with E-state index in [1.807, 2.05) is 18.2 Å². The second kappa shape index (κ2) is 8.53. The monoisotopic (exact) mass is 250 g/mol. The predicted molar refractivity (Wildman–Crippen MR) is 72.5 cm³/mol. The smallest absolute Gasteiger partial charge is 0.410 e. The van der Waals surface area contributed by atoms with Crippen LogP contribution in [0.15, 0.2) is 30.3 Å². The number of para-hydroxylation sites is 1. The lowest BCUT2D eigenvalue weighted by molar-refractivity contribution is 0.197. The van der Waals surface area contributed by atoms with E-state index < -0.39 is 6.09 Å². The molecule has 4 heteroatoms. The van der Waals surface area contributed by atoms with Crippen LogP contribution in [0.5, 0.6) is 5.75 Å². The van der Waals surface area contributed by atoms with Crippen LogP contribution in [-0.2, 0) is 0 Å². The molecule has 0 saturated heterocycles. The summed E-state index contributed by atoms with van der Waals surface area (Å²) in [5.41, 5.74) is 5.55. The molecule has 0 radical (unpaired) electrons. The van der Waals surface area contributed by atoms with Gasteiger partial charge in [0.25, 0.3) is 0 Å². The first kappa shape index (κ1) is 14.5. The summed E-state index contributed by atoms with van der Waals surface area (Å²) in [5, 5.41) is 2.78. The molecule has 4 nitrogen and oxygen atoms in total. The van der Waals surface area contributed by atoms with Crippen molar-refractivity contribution in [1.29, 1.82) is 0 Å². The van der Waals surface area contributed by atoms with Gasteiger partial charge in [-0.2, -0.15) is 0 Å². The molecule has 1 aromatic rings. The number of amides is 1. The SMILES string of the molecule is CCCC(CCN)CNC(=O)Oc1ccccc1. The van der Waals surface area contributed by atoms with Gasteiger partial charge >= 0.3 is 6.09 Å². The highest BCUT2D eigenvalue weighted by molar-refractivity contribution is 5.70. The van der Waals surface area contributed by atoms with Crippen molar-refractivity contribution in [2.24, 2.45) is 11.7 Å². The van der Waals surface area contributed by atoms with Gasteiger partial charge in [-0.3, -0.25) is 0 Å². The molecule has 0 fully saturated rings. The van der Waals surface area contributed by atoms with Crippen molar-refractivity contribution in [3.8, 4) is 5.75 Å². The number of nitrogens with one attached hydrogen (secondary N) is 1. The van der Waals surface area contributed by atoms with Crippen LogP contribution in [-0.4, -0.2) is 19.2 Å². The summed E-state index contributed by atoms with van der Waals surface area (Å²) < 4.78 is 5.14. The van der Waals surface area contributed by atoms with Gasteiger partial charge in [0.15, 0.2) is 0 Å². The van der Waals surface area contributed by atoms with Crippen LogP contribution in [0.4, 0.5) is 4.79 Å². The fraction of sp³-hybridized carbons (Fsp3) is 0.500. The molecule has 1 rings (SSSR count). The van der Waals surface area contributed by atoms with Crippen molar-refractivity contribution in [2.75, 3.05) is 13.1 Å². The number of rotatable bonds is 7. The minimum Gasteiger partial charge on any atom is -0.410 e. The Balaban J connectivity index is 2.31. The first-order valence-electron chi connectivity index (χ1n) is 6.47. The van der Waals surface area contributed by atoms with Crippen molar-refractivity contribution in [1.82, 2.24) is 5.32 Å². The fourth-order valence-corrected chi connectivity index (χ4v) is 1.85. The molecular formula is C14H22N2O2. The summed E-state index contributed by atoms with van der Waals surface area (Å²) in [6.07, 6.45) is 2.70. The molecular weight excluding hydrogens is 228 g/mol. The number of benzene rings is 1. The number of hydrogen-bond acceptors (Lipinski definition) is 3. The zero-order valence-corrected chi connectivity index (χ0v) is 10.9. The minimum absolute atomic E-state index is 0.403. The maximum absolute atomic E-state index is 11.6. The molecule has 3 N–H and O–H groups in total. The third-order valence-electron chi connectivity index (χ3n) is 2.76. The Morgan fingerprint density at radius 3 is 2.67 bits per heavy atom. The molecule has 0 aliphatic carbocycles. The highest BCUT2D eigenvalue weighted by Gasteiger charge is 2.10. The molecule has 1 atom stereocenters. The van der Waals surface area contributed by atoms with Crippen molar-refractivity contribution >= 4 is 6.09 Å². The number of carbonyl (C=O) groups is 1. The van der Waals surface area contributed by atoms with Crippen LogP contribution >= 0.6 is 0 Å². The molecule has 1 aromatic carbocycles. The quantitative estimate of drug-likeness (QED) is 0.781. The Morgan fingerprint density at radius 2 is 2.06 bits per heavy atom. The van der Waals surface area contributed by atoms with Crippen LogP contribution < -0.4 is 15.8 Å². The molecule has 18 heavy (non-hydrogen) atoms. The van der Waals surface area contributed by atoms with E-state index in [2.05, 4.69) is 12.2 Å². The lowest BCUT2D eigenvalue weighted by Crippen LogP contribution is -2.32.